The lowest BCUT2D eigenvalue weighted by molar-refractivity contribution is 0.00578. The first-order chi connectivity index (χ1) is 33.5. The van der Waals surface area contributed by atoms with Gasteiger partial charge in [0.15, 0.2) is 12.7 Å². The Morgan fingerprint density at radius 1 is 0.686 bits per heavy atom. The number of ether oxygens (including phenoxy) is 2. The molecule has 1 fully saturated rings. The van der Waals surface area contributed by atoms with Gasteiger partial charge in [0.1, 0.15) is 34.8 Å². The summed E-state index contributed by atoms with van der Waals surface area (Å²) in [6.45, 7) is 28.0. The molecule has 70 heavy (non-hydrogen) atoms. The summed E-state index contributed by atoms with van der Waals surface area (Å²) in [5.74, 6) is 3.23. The van der Waals surface area contributed by atoms with Crippen LogP contribution in [0, 0.1) is 38.6 Å². The lowest BCUT2D eigenvalue weighted by Crippen LogP contribution is -2.41. The fraction of sp³-hybridized carbons (Fsp3) is 0.360. The molecule has 3 aliphatic rings. The van der Waals surface area contributed by atoms with Gasteiger partial charge in [-0.2, -0.15) is 10.2 Å². The van der Waals surface area contributed by atoms with Gasteiger partial charge in [-0.3, -0.25) is 18.2 Å². The first-order valence-electron chi connectivity index (χ1n) is 22.8. The molecule has 9 heterocycles. The van der Waals surface area contributed by atoms with Crippen LogP contribution in [0.3, 0.4) is 0 Å². The average molecular weight is 1010 g/mol. The highest BCUT2D eigenvalue weighted by Crippen LogP contribution is 2.37. The van der Waals surface area contributed by atoms with E-state index in [0.29, 0.717) is 72.7 Å². The summed E-state index contributed by atoms with van der Waals surface area (Å²) in [6, 6.07) is 10.3. The summed E-state index contributed by atoms with van der Waals surface area (Å²) in [7, 11) is 3.45. The maximum absolute atomic E-state index is 14.5. The molecule has 1 saturated heterocycles. The number of nitrogens with zero attached hydrogens (tertiary/aromatic N) is 12. The van der Waals surface area contributed by atoms with Crippen LogP contribution in [-0.2, 0) is 61.9 Å². The van der Waals surface area contributed by atoms with E-state index in [1.165, 1.54) is 12.1 Å². The monoisotopic (exact) mass is 1010 g/mol. The van der Waals surface area contributed by atoms with Gasteiger partial charge in [-0.25, -0.2) is 18.7 Å². The van der Waals surface area contributed by atoms with Crippen LogP contribution in [0.15, 0.2) is 65.9 Å². The number of hydrogen-bond donors (Lipinski definition) is 0. The van der Waals surface area contributed by atoms with E-state index in [-0.39, 0.29) is 30.0 Å². The van der Waals surface area contributed by atoms with Crippen molar-refractivity contribution in [2.75, 3.05) is 13.2 Å². The standard InChI is InChI=1S/C22H19FN6O.C17H12BrFN4O.C11H19BN2O2/c1-13-10-18(28(3)27-13)16-11-25-20(29-12-26-22(24-2)21(16)29)7-4-14-15-8-9-30-19(15)6-5-17(14)23;1-20-17-16-12(18)8-21-15(23(16)9-22-17)5-2-10-11-6-7-24-14(11)4-3-13(10)19;1-8-7-9(14(6)13-8)12-15-10(2,3)11(4,5)16-12/h5-6,10-12H,4,7-9H2,1,3H3;3-4,8-9H,2,5-7H2;7H,1-6H3. The highest BCUT2D eigenvalue weighted by molar-refractivity contribution is 9.10. The summed E-state index contributed by atoms with van der Waals surface area (Å²) >= 11 is 3.41. The summed E-state index contributed by atoms with van der Waals surface area (Å²) in [5, 5.41) is 8.71. The summed E-state index contributed by atoms with van der Waals surface area (Å²) in [5.41, 5.74) is 8.55. The smallest absolute Gasteiger partial charge is 0.493 e. The molecule has 0 N–H and O–H groups in total. The molecule has 8 aromatic rings. The first-order valence-corrected chi connectivity index (χ1v) is 23.6. The van der Waals surface area contributed by atoms with Crippen molar-refractivity contribution in [3.8, 4) is 22.8 Å². The molecule has 2 aromatic carbocycles. The molecule has 0 amide bonds. The number of hydrogen-bond acceptors (Lipinski definition) is 10. The number of benzene rings is 2. The van der Waals surface area contributed by atoms with Gasteiger partial charge in [-0.1, -0.05) is 13.1 Å². The van der Waals surface area contributed by atoms with E-state index in [1.54, 1.807) is 46.3 Å². The minimum absolute atomic E-state index is 0.208. The van der Waals surface area contributed by atoms with Crippen molar-refractivity contribution in [2.24, 2.45) is 14.1 Å². The van der Waals surface area contributed by atoms with Crippen molar-refractivity contribution < 1.29 is 27.6 Å². The van der Waals surface area contributed by atoms with E-state index in [1.807, 2.05) is 49.2 Å². The third-order valence-corrected chi connectivity index (χ3v) is 13.9. The Morgan fingerprint density at radius 2 is 1.19 bits per heavy atom. The van der Waals surface area contributed by atoms with Crippen LogP contribution in [0.4, 0.5) is 20.4 Å². The van der Waals surface area contributed by atoms with E-state index in [4.69, 9.17) is 31.9 Å². The molecule has 0 spiro atoms. The Morgan fingerprint density at radius 3 is 1.69 bits per heavy atom. The highest BCUT2D eigenvalue weighted by atomic mass is 79.9. The number of rotatable bonds is 8. The second-order valence-corrected chi connectivity index (χ2v) is 19.2. The lowest BCUT2D eigenvalue weighted by Gasteiger charge is -2.32. The molecular formula is C50H50BBrF2N12O4. The van der Waals surface area contributed by atoms with Crippen molar-refractivity contribution in [1.82, 2.24) is 48.3 Å². The Bertz CT molecular complexity index is 3390. The number of aromatic nitrogens is 10. The summed E-state index contributed by atoms with van der Waals surface area (Å²) < 4.78 is 59.7. The zero-order valence-electron chi connectivity index (χ0n) is 40.1. The zero-order chi connectivity index (χ0) is 49.6. The molecular weight excluding hydrogens is 961 g/mol. The molecule has 0 bridgehead atoms. The van der Waals surface area contributed by atoms with Crippen molar-refractivity contribution in [1.29, 1.82) is 0 Å². The van der Waals surface area contributed by atoms with Crippen LogP contribution in [-0.4, -0.2) is 79.8 Å². The fourth-order valence-corrected chi connectivity index (χ4v) is 9.57. The van der Waals surface area contributed by atoms with E-state index < -0.39 is 0 Å². The van der Waals surface area contributed by atoms with Gasteiger partial charge in [0.05, 0.1) is 62.6 Å². The van der Waals surface area contributed by atoms with E-state index in [9.17, 15) is 8.78 Å². The lowest BCUT2D eigenvalue weighted by atomic mass is 9.84. The Kier molecular flexibility index (Phi) is 13.1. The zero-order valence-corrected chi connectivity index (χ0v) is 41.7. The maximum Gasteiger partial charge on any atom is 0.514 e. The molecule has 20 heteroatoms. The van der Waals surface area contributed by atoms with Crippen LogP contribution in [0.1, 0.15) is 73.0 Å². The Hall–Kier alpha value is -7.00. The third kappa shape index (κ3) is 9.03. The number of imidazole rings is 2. The van der Waals surface area contributed by atoms with Gasteiger partial charge in [-0.05, 0) is 118 Å². The quantitative estimate of drug-likeness (QED) is 0.107. The second kappa shape index (κ2) is 19.1. The molecule has 3 aliphatic heterocycles. The SMILES string of the molecule is Cc1cc(B2OC(C)(C)C(C)(C)O2)n(C)n1.[C-]#[N+]c1ncn2c(CCc3c(F)ccc4c3CCO4)ncc(-c3cc(C)nn3C)c12.[C-]#[N+]c1ncn2c(CCc3c(F)ccc4c3CCO4)ncc(Br)c12. The van der Waals surface area contributed by atoms with Crippen LogP contribution in [0.5, 0.6) is 11.5 Å². The van der Waals surface area contributed by atoms with Gasteiger partial charge in [0.2, 0.25) is 0 Å². The van der Waals surface area contributed by atoms with E-state index in [2.05, 4.69) is 83.4 Å². The molecule has 0 unspecified atom stereocenters. The third-order valence-electron chi connectivity index (χ3n) is 13.3. The Labute approximate surface area is 412 Å². The highest BCUT2D eigenvalue weighted by Gasteiger charge is 2.52. The minimum Gasteiger partial charge on any atom is -0.493 e. The molecule has 6 aromatic heterocycles. The van der Waals surface area contributed by atoms with Crippen LogP contribution >= 0.6 is 15.9 Å². The van der Waals surface area contributed by atoms with Gasteiger partial charge in [0, 0.05) is 68.9 Å². The molecule has 0 atom stereocenters. The van der Waals surface area contributed by atoms with Crippen LogP contribution in [0.25, 0.3) is 32.0 Å². The summed E-state index contributed by atoms with van der Waals surface area (Å²) in [6.07, 6.45) is 10.2. The minimum atomic E-state index is -0.323. The van der Waals surface area contributed by atoms with Gasteiger partial charge >= 0.3 is 7.12 Å². The van der Waals surface area contributed by atoms with E-state index in [0.717, 1.165) is 79.8 Å². The van der Waals surface area contributed by atoms with Crippen molar-refractivity contribution in [3.05, 3.63) is 146 Å². The molecule has 0 aliphatic carbocycles. The number of aryl methyl sites for hydroxylation is 6. The van der Waals surface area contributed by atoms with Gasteiger partial charge < -0.3 is 28.5 Å². The summed E-state index contributed by atoms with van der Waals surface area (Å²) in [4.78, 5) is 24.4. The molecule has 0 radical (unpaired) electrons. The Balaban J connectivity index is 0.000000137. The molecule has 16 nitrogen and oxygen atoms in total. The molecule has 0 saturated carbocycles. The van der Waals surface area contributed by atoms with Crippen molar-refractivity contribution >= 4 is 51.3 Å². The average Bonchev–Trinajstić information content (AvgIpc) is 4.20. The fourth-order valence-electron chi connectivity index (χ4n) is 9.10. The normalized spacial score (nSPS) is 15.1. The maximum atomic E-state index is 14.5. The van der Waals surface area contributed by atoms with Crippen molar-refractivity contribution in [3.63, 3.8) is 0 Å². The van der Waals surface area contributed by atoms with Gasteiger partial charge in [-0.15, -0.1) is 9.97 Å². The van der Waals surface area contributed by atoms with E-state index >= 15 is 0 Å². The number of fused-ring (bicyclic) bond motifs is 4. The largest absolute Gasteiger partial charge is 0.514 e. The molecule has 11 rings (SSSR count). The van der Waals surface area contributed by atoms with Crippen LogP contribution in [0.2, 0.25) is 0 Å². The molecule has 358 valence electrons. The first kappa shape index (κ1) is 48.0. The van der Waals surface area contributed by atoms with Crippen LogP contribution < -0.4 is 15.1 Å². The predicted molar refractivity (Wildman–Crippen MR) is 263 cm³/mol. The van der Waals surface area contributed by atoms with Gasteiger partial charge in [0.25, 0.3) is 11.6 Å². The topological polar surface area (TPSA) is 142 Å². The second-order valence-electron chi connectivity index (χ2n) is 18.3. The predicted octanol–water partition coefficient (Wildman–Crippen LogP) is 8.78. The number of halogens is 3. The van der Waals surface area contributed by atoms with Crippen molar-refractivity contribution in [2.45, 2.75) is 91.3 Å².